The molecular weight excluding hydrogens is 421 g/mol. The lowest BCUT2D eigenvalue weighted by atomic mass is 10.2. The fourth-order valence-electron chi connectivity index (χ4n) is 2.90. The molecule has 1 saturated heterocycles. The number of thioether (sulfide) groups is 1. The summed E-state index contributed by atoms with van der Waals surface area (Å²) in [7, 11) is 0. The van der Waals surface area contributed by atoms with Crippen LogP contribution in [0.3, 0.4) is 0 Å². The van der Waals surface area contributed by atoms with Crippen LogP contribution in [0.1, 0.15) is 25.1 Å². The second kappa shape index (κ2) is 8.39. The third-order valence-corrected chi connectivity index (χ3v) is 5.23. The first-order valence-corrected chi connectivity index (χ1v) is 9.73. The molecule has 1 fully saturated rings. The molecule has 6 nitrogen and oxygen atoms in total. The molecule has 158 valence electrons. The Balaban J connectivity index is 1.91. The van der Waals surface area contributed by atoms with Crippen LogP contribution < -0.4 is 0 Å². The summed E-state index contributed by atoms with van der Waals surface area (Å²) >= 11 is 0.653. The van der Waals surface area contributed by atoms with E-state index in [-0.39, 0.29) is 17.2 Å². The van der Waals surface area contributed by atoms with Gasteiger partial charge in [0.25, 0.3) is 11.1 Å². The van der Waals surface area contributed by atoms with Gasteiger partial charge >= 0.3 is 12.1 Å². The van der Waals surface area contributed by atoms with Crippen LogP contribution in [0.2, 0.25) is 0 Å². The van der Waals surface area contributed by atoms with Crippen LogP contribution in [0, 0.1) is 0 Å². The van der Waals surface area contributed by atoms with Crippen LogP contribution in [0.15, 0.2) is 47.5 Å². The molecule has 30 heavy (non-hydrogen) atoms. The predicted molar refractivity (Wildman–Crippen MR) is 105 cm³/mol. The Labute approximate surface area is 174 Å². The van der Waals surface area contributed by atoms with Gasteiger partial charge in [-0.05, 0) is 62.0 Å². The molecule has 0 radical (unpaired) electrons. The maximum Gasteiger partial charge on any atom is 0.416 e. The van der Waals surface area contributed by atoms with E-state index < -0.39 is 34.9 Å². The first-order chi connectivity index (χ1) is 14.1. The summed E-state index contributed by atoms with van der Waals surface area (Å²) in [6.45, 7) is 3.11. The lowest BCUT2D eigenvalue weighted by molar-refractivity contribution is -0.150. The van der Waals surface area contributed by atoms with E-state index in [1.165, 1.54) is 29.7 Å². The molecule has 0 spiro atoms. The highest BCUT2D eigenvalue weighted by atomic mass is 32.2. The predicted octanol–water partition coefficient (Wildman–Crippen LogP) is 4.48. The number of imide groups is 1. The minimum atomic E-state index is -4.49. The summed E-state index contributed by atoms with van der Waals surface area (Å²) in [4.78, 5) is 37.7. The van der Waals surface area contributed by atoms with Crippen LogP contribution in [0.25, 0.3) is 11.8 Å². The van der Waals surface area contributed by atoms with Crippen molar-refractivity contribution >= 4 is 35.0 Å². The van der Waals surface area contributed by atoms with Crippen molar-refractivity contribution in [3.05, 3.63) is 58.8 Å². The average Bonchev–Trinajstić information content (AvgIpc) is 3.25. The fourth-order valence-corrected chi connectivity index (χ4v) is 3.79. The number of alkyl halides is 3. The number of aromatic nitrogens is 1. The van der Waals surface area contributed by atoms with E-state index in [1.807, 2.05) is 0 Å². The Morgan fingerprint density at radius 2 is 1.97 bits per heavy atom. The van der Waals surface area contributed by atoms with Crippen molar-refractivity contribution < 1.29 is 32.3 Å². The van der Waals surface area contributed by atoms with E-state index in [1.54, 1.807) is 25.3 Å². The summed E-state index contributed by atoms with van der Waals surface area (Å²) in [5.41, 5.74) is -0.146. The van der Waals surface area contributed by atoms with Crippen molar-refractivity contribution in [3.63, 3.8) is 0 Å². The van der Waals surface area contributed by atoms with Crippen molar-refractivity contribution in [2.24, 2.45) is 0 Å². The topological polar surface area (TPSA) is 68.6 Å². The second-order valence-corrected chi connectivity index (χ2v) is 7.32. The second-order valence-electron chi connectivity index (χ2n) is 6.33. The largest absolute Gasteiger partial charge is 0.464 e. The first kappa shape index (κ1) is 21.7. The molecule has 2 heterocycles. The quantitative estimate of drug-likeness (QED) is 0.509. The third-order valence-electron chi connectivity index (χ3n) is 4.35. The minimum Gasteiger partial charge on any atom is -0.464 e. The van der Waals surface area contributed by atoms with Crippen molar-refractivity contribution in [2.75, 3.05) is 6.61 Å². The highest BCUT2D eigenvalue weighted by molar-refractivity contribution is 8.18. The lowest BCUT2D eigenvalue weighted by Crippen LogP contribution is -2.42. The van der Waals surface area contributed by atoms with Crippen LogP contribution in [-0.4, -0.2) is 39.2 Å². The minimum absolute atomic E-state index is 0.0584. The molecule has 2 amide bonds. The zero-order chi connectivity index (χ0) is 22.1. The third kappa shape index (κ3) is 4.28. The van der Waals surface area contributed by atoms with Gasteiger partial charge in [-0.15, -0.1) is 0 Å². The molecule has 1 aliphatic heterocycles. The number of rotatable bonds is 5. The number of amides is 2. The Hall–Kier alpha value is -3.01. The maximum absolute atomic E-state index is 13.0. The number of carbonyl (C=O) groups is 3. The van der Waals surface area contributed by atoms with Crippen LogP contribution in [0.4, 0.5) is 18.0 Å². The Kier molecular flexibility index (Phi) is 6.06. The highest BCUT2D eigenvalue weighted by Crippen LogP contribution is 2.35. The van der Waals surface area contributed by atoms with E-state index in [0.29, 0.717) is 17.5 Å². The molecule has 0 N–H and O–H groups in total. The molecule has 10 heteroatoms. The van der Waals surface area contributed by atoms with E-state index >= 15 is 0 Å². The van der Waals surface area contributed by atoms with Gasteiger partial charge in [-0.3, -0.25) is 14.5 Å². The van der Waals surface area contributed by atoms with Gasteiger partial charge in [0.05, 0.1) is 17.1 Å². The normalized spacial score (nSPS) is 17.0. The average molecular weight is 438 g/mol. The molecule has 0 unspecified atom stereocenters. The van der Waals surface area contributed by atoms with Crippen molar-refractivity contribution in [2.45, 2.75) is 26.1 Å². The zero-order valence-corrected chi connectivity index (χ0v) is 16.8. The Morgan fingerprint density at radius 3 is 2.63 bits per heavy atom. The highest BCUT2D eigenvalue weighted by Gasteiger charge is 2.41. The van der Waals surface area contributed by atoms with E-state index in [9.17, 15) is 27.6 Å². The van der Waals surface area contributed by atoms with E-state index in [0.717, 1.165) is 17.0 Å². The van der Waals surface area contributed by atoms with Crippen molar-refractivity contribution in [3.8, 4) is 5.69 Å². The van der Waals surface area contributed by atoms with Crippen LogP contribution >= 0.6 is 11.8 Å². The number of esters is 1. The standard InChI is InChI=1S/C20H17F3N2O4S/c1-3-29-18(27)12(2)25-17(26)16(30-19(25)28)11-15-8-5-9-24(15)14-7-4-6-13(10-14)20(21,22)23/h4-12H,3H2,1-2H3/b16-11-/t12-/m0/s1. The first-order valence-electron chi connectivity index (χ1n) is 8.92. The smallest absolute Gasteiger partial charge is 0.416 e. The molecule has 0 aliphatic carbocycles. The summed E-state index contributed by atoms with van der Waals surface area (Å²) in [5.74, 6) is -1.37. The Bertz CT molecular complexity index is 1030. The summed E-state index contributed by atoms with van der Waals surface area (Å²) in [5, 5.41) is -0.621. The van der Waals surface area contributed by atoms with Gasteiger partial charge in [0.2, 0.25) is 0 Å². The van der Waals surface area contributed by atoms with E-state index in [4.69, 9.17) is 4.74 Å². The summed E-state index contributed by atoms with van der Waals surface area (Å²) in [6, 6.07) is 6.87. The SMILES string of the molecule is CCOC(=O)[C@H](C)N1C(=O)S/C(=C\c2cccn2-c2cccc(C(F)(F)F)c2)C1=O. The van der Waals surface area contributed by atoms with Gasteiger partial charge in [-0.1, -0.05) is 6.07 Å². The number of hydrogen-bond acceptors (Lipinski definition) is 5. The molecule has 3 rings (SSSR count). The molecule has 1 aromatic heterocycles. The molecule has 0 saturated carbocycles. The molecule has 2 aromatic rings. The van der Waals surface area contributed by atoms with Gasteiger partial charge in [0.15, 0.2) is 0 Å². The molecule has 1 aliphatic rings. The van der Waals surface area contributed by atoms with Gasteiger partial charge in [0.1, 0.15) is 6.04 Å². The van der Waals surface area contributed by atoms with E-state index in [2.05, 4.69) is 0 Å². The Morgan fingerprint density at radius 1 is 1.23 bits per heavy atom. The zero-order valence-electron chi connectivity index (χ0n) is 16.0. The van der Waals surface area contributed by atoms with Gasteiger partial charge in [-0.25, -0.2) is 4.79 Å². The summed E-state index contributed by atoms with van der Waals surface area (Å²) in [6.07, 6.45) is -1.54. The number of ether oxygens (including phenoxy) is 1. The van der Waals surface area contributed by atoms with Crippen LogP contribution in [0.5, 0.6) is 0 Å². The number of benzene rings is 1. The molecular formula is C20H17F3N2O4S. The number of halogens is 3. The van der Waals surface area contributed by atoms with Crippen molar-refractivity contribution in [1.29, 1.82) is 0 Å². The van der Waals surface area contributed by atoms with Crippen LogP contribution in [-0.2, 0) is 20.5 Å². The lowest BCUT2D eigenvalue weighted by Gasteiger charge is -2.19. The van der Waals surface area contributed by atoms with Gasteiger partial charge in [0, 0.05) is 17.6 Å². The number of nitrogens with zero attached hydrogens (tertiary/aromatic N) is 2. The number of hydrogen-bond donors (Lipinski definition) is 0. The maximum atomic E-state index is 13.0. The monoisotopic (exact) mass is 438 g/mol. The fraction of sp³-hybridized carbons (Fsp3) is 0.250. The summed E-state index contributed by atoms with van der Waals surface area (Å²) < 4.78 is 45.4. The van der Waals surface area contributed by atoms with Gasteiger partial charge < -0.3 is 9.30 Å². The molecule has 1 atom stereocenters. The molecule has 1 aromatic carbocycles. The molecule has 0 bridgehead atoms. The number of carbonyl (C=O) groups excluding carboxylic acids is 3. The van der Waals surface area contributed by atoms with Gasteiger partial charge in [-0.2, -0.15) is 13.2 Å². The van der Waals surface area contributed by atoms with Crippen molar-refractivity contribution in [1.82, 2.24) is 9.47 Å².